The number of halogens is 1. The van der Waals surface area contributed by atoms with E-state index in [1.165, 1.54) is 0 Å². The lowest BCUT2D eigenvalue weighted by Gasteiger charge is -2.22. The number of benzene rings is 3. The van der Waals surface area contributed by atoms with Crippen molar-refractivity contribution in [2.45, 2.75) is 19.4 Å². The number of rotatable bonds is 5. The molecule has 4 aromatic rings. The smallest absolute Gasteiger partial charge is 0.263 e. The van der Waals surface area contributed by atoms with Crippen LogP contribution in [-0.4, -0.2) is 28.5 Å². The standard InChI is InChI=1S/C26H23ClN4O2/c27-20-9-11-21(12-10-20)28-24(32)19-8-13-22-23(16-19)29-26(30-14-4-5-15-30)31(25(22)33)17-18-6-2-1-3-7-18/h1-3,6-13,16H,4-5,14-15,17H2,(H,28,32). The second kappa shape index (κ2) is 9.08. The van der Waals surface area contributed by atoms with E-state index in [1.807, 2.05) is 30.3 Å². The normalized spacial score (nSPS) is 13.4. The minimum atomic E-state index is -0.266. The topological polar surface area (TPSA) is 67.2 Å². The third kappa shape index (κ3) is 4.47. The summed E-state index contributed by atoms with van der Waals surface area (Å²) in [5.74, 6) is 0.390. The predicted octanol–water partition coefficient (Wildman–Crippen LogP) is 4.95. The van der Waals surface area contributed by atoms with Crippen molar-refractivity contribution in [2.75, 3.05) is 23.3 Å². The Kier molecular flexibility index (Phi) is 5.84. The highest BCUT2D eigenvalue weighted by molar-refractivity contribution is 6.30. The van der Waals surface area contributed by atoms with Crippen LogP contribution in [0, 0.1) is 0 Å². The summed E-state index contributed by atoms with van der Waals surface area (Å²) in [6, 6.07) is 21.9. The zero-order valence-electron chi connectivity index (χ0n) is 18.0. The fourth-order valence-electron chi connectivity index (χ4n) is 4.15. The lowest BCUT2D eigenvalue weighted by molar-refractivity contribution is 0.102. The van der Waals surface area contributed by atoms with Crippen LogP contribution in [0.25, 0.3) is 10.9 Å². The molecule has 1 saturated heterocycles. The molecule has 1 N–H and O–H groups in total. The van der Waals surface area contributed by atoms with Gasteiger partial charge in [-0.15, -0.1) is 0 Å². The Morgan fingerprint density at radius 3 is 2.42 bits per heavy atom. The summed E-state index contributed by atoms with van der Waals surface area (Å²) in [5.41, 5.74) is 2.55. The van der Waals surface area contributed by atoms with Crippen molar-refractivity contribution in [3.05, 3.63) is 99.3 Å². The van der Waals surface area contributed by atoms with Crippen LogP contribution in [-0.2, 0) is 6.54 Å². The molecule has 1 aliphatic rings. The van der Waals surface area contributed by atoms with Gasteiger partial charge < -0.3 is 10.2 Å². The molecule has 5 rings (SSSR count). The van der Waals surface area contributed by atoms with Crippen LogP contribution < -0.4 is 15.8 Å². The molecule has 0 aliphatic carbocycles. The average Bonchev–Trinajstić information content (AvgIpc) is 3.37. The first-order valence-corrected chi connectivity index (χ1v) is 11.4. The van der Waals surface area contributed by atoms with Gasteiger partial charge in [0.15, 0.2) is 0 Å². The molecule has 1 aromatic heterocycles. The van der Waals surface area contributed by atoms with Crippen LogP contribution in [0.15, 0.2) is 77.6 Å². The molecule has 1 aliphatic heterocycles. The van der Waals surface area contributed by atoms with Gasteiger partial charge in [0, 0.05) is 29.4 Å². The zero-order valence-corrected chi connectivity index (χ0v) is 18.8. The van der Waals surface area contributed by atoms with Crippen molar-refractivity contribution in [1.82, 2.24) is 9.55 Å². The van der Waals surface area contributed by atoms with Crippen LogP contribution in [0.5, 0.6) is 0 Å². The molecule has 1 fully saturated rings. The van der Waals surface area contributed by atoms with Crippen molar-refractivity contribution in [2.24, 2.45) is 0 Å². The van der Waals surface area contributed by atoms with Gasteiger partial charge in [-0.05, 0) is 60.9 Å². The number of carbonyl (C=O) groups excluding carboxylic acids is 1. The summed E-state index contributed by atoms with van der Waals surface area (Å²) >= 11 is 5.92. The van der Waals surface area contributed by atoms with Crippen molar-refractivity contribution in [1.29, 1.82) is 0 Å². The molecule has 2 heterocycles. The van der Waals surface area contributed by atoms with Crippen molar-refractivity contribution >= 4 is 40.0 Å². The molecule has 166 valence electrons. The summed E-state index contributed by atoms with van der Waals surface area (Å²) in [7, 11) is 0. The zero-order chi connectivity index (χ0) is 22.8. The number of hydrogen-bond acceptors (Lipinski definition) is 4. The Morgan fingerprint density at radius 1 is 0.970 bits per heavy atom. The van der Waals surface area contributed by atoms with E-state index in [0.29, 0.717) is 39.7 Å². The predicted molar refractivity (Wildman–Crippen MR) is 132 cm³/mol. The maximum atomic E-state index is 13.5. The first-order chi connectivity index (χ1) is 16.1. The highest BCUT2D eigenvalue weighted by Gasteiger charge is 2.21. The molecule has 0 bridgehead atoms. The minimum absolute atomic E-state index is 0.101. The van der Waals surface area contributed by atoms with Gasteiger partial charge in [-0.1, -0.05) is 41.9 Å². The van der Waals surface area contributed by atoms with Crippen LogP contribution >= 0.6 is 11.6 Å². The highest BCUT2D eigenvalue weighted by Crippen LogP contribution is 2.22. The summed E-state index contributed by atoms with van der Waals surface area (Å²) in [6.07, 6.45) is 2.14. The molecular weight excluding hydrogens is 436 g/mol. The molecule has 0 saturated carbocycles. The quantitative estimate of drug-likeness (QED) is 0.459. The lowest BCUT2D eigenvalue weighted by atomic mass is 10.1. The molecule has 33 heavy (non-hydrogen) atoms. The molecule has 3 aromatic carbocycles. The van der Waals surface area contributed by atoms with Crippen molar-refractivity contribution in [3.8, 4) is 0 Å². The van der Waals surface area contributed by atoms with E-state index in [2.05, 4.69) is 10.2 Å². The van der Waals surface area contributed by atoms with Gasteiger partial charge in [0.05, 0.1) is 17.4 Å². The van der Waals surface area contributed by atoms with Gasteiger partial charge in [-0.3, -0.25) is 14.2 Å². The largest absolute Gasteiger partial charge is 0.342 e. The van der Waals surface area contributed by atoms with Gasteiger partial charge in [0.25, 0.3) is 11.5 Å². The van der Waals surface area contributed by atoms with Gasteiger partial charge in [-0.25, -0.2) is 4.98 Å². The summed E-state index contributed by atoms with van der Waals surface area (Å²) < 4.78 is 1.75. The van der Waals surface area contributed by atoms with Crippen molar-refractivity contribution in [3.63, 3.8) is 0 Å². The molecule has 0 unspecified atom stereocenters. The number of fused-ring (bicyclic) bond motifs is 1. The van der Waals surface area contributed by atoms with Crippen LogP contribution in [0.2, 0.25) is 5.02 Å². The monoisotopic (exact) mass is 458 g/mol. The van der Waals surface area contributed by atoms with E-state index in [4.69, 9.17) is 16.6 Å². The SMILES string of the molecule is O=C(Nc1ccc(Cl)cc1)c1ccc2c(=O)n(Cc3ccccc3)c(N3CCCC3)nc2c1. The first-order valence-electron chi connectivity index (χ1n) is 11.0. The number of nitrogens with zero attached hydrogens (tertiary/aromatic N) is 3. The Bertz CT molecular complexity index is 1360. The lowest BCUT2D eigenvalue weighted by Crippen LogP contribution is -2.31. The first kappa shape index (κ1) is 21.2. The number of carbonyl (C=O) groups is 1. The fraction of sp³-hybridized carbons (Fsp3) is 0.192. The van der Waals surface area contributed by atoms with Gasteiger partial charge in [0.2, 0.25) is 5.95 Å². The molecule has 7 heteroatoms. The number of aromatic nitrogens is 2. The maximum absolute atomic E-state index is 13.5. The molecule has 0 radical (unpaired) electrons. The highest BCUT2D eigenvalue weighted by atomic mass is 35.5. The van der Waals surface area contributed by atoms with E-state index in [-0.39, 0.29) is 11.5 Å². The third-order valence-corrected chi connectivity index (χ3v) is 6.12. The number of nitrogens with one attached hydrogen (secondary N) is 1. The molecule has 0 spiro atoms. The second-order valence-corrected chi connectivity index (χ2v) is 8.61. The Labute approximate surface area is 196 Å². The van der Waals surface area contributed by atoms with Crippen LogP contribution in [0.3, 0.4) is 0 Å². The Morgan fingerprint density at radius 2 is 1.70 bits per heavy atom. The Hall–Kier alpha value is -3.64. The van der Waals surface area contributed by atoms with E-state index in [0.717, 1.165) is 31.5 Å². The average molecular weight is 459 g/mol. The van der Waals surface area contributed by atoms with Gasteiger partial charge >= 0.3 is 0 Å². The minimum Gasteiger partial charge on any atom is -0.342 e. The van der Waals surface area contributed by atoms with Crippen molar-refractivity contribution < 1.29 is 4.79 Å². The van der Waals surface area contributed by atoms with Gasteiger partial charge in [-0.2, -0.15) is 0 Å². The van der Waals surface area contributed by atoms with Crippen LogP contribution in [0.4, 0.5) is 11.6 Å². The number of hydrogen-bond donors (Lipinski definition) is 1. The summed E-state index contributed by atoms with van der Waals surface area (Å²) in [4.78, 5) is 33.3. The molecular formula is C26H23ClN4O2. The molecule has 6 nitrogen and oxygen atoms in total. The fourth-order valence-corrected chi connectivity index (χ4v) is 4.28. The molecule has 0 atom stereocenters. The van der Waals surface area contributed by atoms with Gasteiger partial charge in [0.1, 0.15) is 0 Å². The number of anilines is 2. The third-order valence-electron chi connectivity index (χ3n) is 5.87. The Balaban J connectivity index is 1.54. The van der Waals surface area contributed by atoms with E-state index >= 15 is 0 Å². The van der Waals surface area contributed by atoms with E-state index in [1.54, 1.807) is 47.0 Å². The second-order valence-electron chi connectivity index (χ2n) is 8.18. The summed E-state index contributed by atoms with van der Waals surface area (Å²) in [6.45, 7) is 2.18. The van der Waals surface area contributed by atoms with E-state index < -0.39 is 0 Å². The maximum Gasteiger partial charge on any atom is 0.263 e. The number of amides is 1. The summed E-state index contributed by atoms with van der Waals surface area (Å²) in [5, 5.41) is 3.96. The molecule has 1 amide bonds. The van der Waals surface area contributed by atoms with E-state index in [9.17, 15) is 9.59 Å². The van der Waals surface area contributed by atoms with Crippen LogP contribution in [0.1, 0.15) is 28.8 Å².